The molecule has 25 heavy (non-hydrogen) atoms. The van der Waals surface area contributed by atoms with Crippen LogP contribution < -0.4 is 10.6 Å². The molecule has 2 fully saturated rings. The van der Waals surface area contributed by atoms with Gasteiger partial charge in [0.2, 0.25) is 0 Å². The summed E-state index contributed by atoms with van der Waals surface area (Å²) in [5, 5.41) is 10.2. The van der Waals surface area contributed by atoms with E-state index in [0.717, 1.165) is 58.5 Å². The van der Waals surface area contributed by atoms with Crippen LogP contribution >= 0.6 is 0 Å². The Hall–Kier alpha value is -1.60. The van der Waals surface area contributed by atoms with Crippen molar-refractivity contribution in [1.82, 2.24) is 25.3 Å². The van der Waals surface area contributed by atoms with E-state index in [2.05, 4.69) is 20.6 Å². The maximum Gasteiger partial charge on any atom is 0.315 e. The highest BCUT2D eigenvalue weighted by atomic mass is 16.5. The Labute approximate surface area is 150 Å². The van der Waals surface area contributed by atoms with Crippen LogP contribution in [0.25, 0.3) is 0 Å². The molecule has 7 heteroatoms. The summed E-state index contributed by atoms with van der Waals surface area (Å²) < 4.78 is 7.26. The van der Waals surface area contributed by atoms with Crippen molar-refractivity contribution in [2.75, 3.05) is 39.4 Å². The van der Waals surface area contributed by atoms with Crippen LogP contribution in [0.1, 0.15) is 31.2 Å². The summed E-state index contributed by atoms with van der Waals surface area (Å²) in [4.78, 5) is 14.5. The summed E-state index contributed by atoms with van der Waals surface area (Å²) in [6.45, 7) is 5.82. The Morgan fingerprint density at radius 2 is 2.20 bits per heavy atom. The molecule has 1 aromatic heterocycles. The van der Waals surface area contributed by atoms with Gasteiger partial charge in [0.15, 0.2) is 0 Å². The molecule has 2 aliphatic rings. The molecule has 0 spiro atoms. The van der Waals surface area contributed by atoms with E-state index in [4.69, 9.17) is 4.74 Å². The first-order chi connectivity index (χ1) is 12.2. The largest absolute Gasteiger partial charge is 0.381 e. The van der Waals surface area contributed by atoms with E-state index in [9.17, 15) is 4.79 Å². The molecule has 0 aliphatic carbocycles. The highest BCUT2D eigenvalue weighted by Crippen LogP contribution is 2.17. The average molecular weight is 349 g/mol. The lowest BCUT2D eigenvalue weighted by Crippen LogP contribution is -2.48. The highest BCUT2D eigenvalue weighted by molar-refractivity contribution is 5.74. The van der Waals surface area contributed by atoms with Gasteiger partial charge in [-0.05, 0) is 43.6 Å². The number of rotatable bonds is 7. The van der Waals surface area contributed by atoms with Gasteiger partial charge in [0.1, 0.15) is 0 Å². The molecule has 2 amide bonds. The number of hydrogen-bond donors (Lipinski definition) is 2. The van der Waals surface area contributed by atoms with Crippen LogP contribution in [0.4, 0.5) is 4.79 Å². The van der Waals surface area contributed by atoms with Gasteiger partial charge >= 0.3 is 6.03 Å². The quantitative estimate of drug-likeness (QED) is 0.725. The summed E-state index contributed by atoms with van der Waals surface area (Å²) in [6, 6.07) is 0.267. The summed E-state index contributed by atoms with van der Waals surface area (Å²) >= 11 is 0. The highest BCUT2D eigenvalue weighted by Gasteiger charge is 2.24. The fourth-order valence-corrected chi connectivity index (χ4v) is 3.68. The van der Waals surface area contributed by atoms with Gasteiger partial charge in [-0.2, -0.15) is 5.10 Å². The van der Waals surface area contributed by atoms with Crippen molar-refractivity contribution in [3.63, 3.8) is 0 Å². The van der Waals surface area contributed by atoms with E-state index in [-0.39, 0.29) is 6.03 Å². The molecule has 2 aliphatic heterocycles. The standard InChI is InChI=1S/C18H31N5O2/c1-22-12-15(11-20-22)3-2-7-19-18(24)21-17-4-8-23(9-5-17)13-16-6-10-25-14-16/h11-12,16-17H,2-10,13-14H2,1H3,(H2,19,21,24)/t16-/m0/s1. The molecular weight excluding hydrogens is 318 g/mol. The normalized spacial score (nSPS) is 22.2. The van der Waals surface area contributed by atoms with Crippen molar-refractivity contribution < 1.29 is 9.53 Å². The Bertz CT molecular complexity index is 533. The monoisotopic (exact) mass is 349 g/mol. The smallest absolute Gasteiger partial charge is 0.315 e. The van der Waals surface area contributed by atoms with Gasteiger partial charge in [0.25, 0.3) is 0 Å². The van der Waals surface area contributed by atoms with Crippen LogP contribution in [0.5, 0.6) is 0 Å². The van der Waals surface area contributed by atoms with Crippen LogP contribution in [0, 0.1) is 5.92 Å². The zero-order valence-corrected chi connectivity index (χ0v) is 15.2. The Morgan fingerprint density at radius 3 is 2.88 bits per heavy atom. The lowest BCUT2D eigenvalue weighted by molar-refractivity contribution is 0.148. The van der Waals surface area contributed by atoms with Crippen molar-refractivity contribution in [3.05, 3.63) is 18.0 Å². The molecule has 2 N–H and O–H groups in total. The zero-order chi connectivity index (χ0) is 17.5. The second kappa shape index (κ2) is 9.20. The minimum absolute atomic E-state index is 0.0335. The number of carbonyl (C=O) groups excluding carboxylic acids is 1. The van der Waals surface area contributed by atoms with Gasteiger partial charge in [-0.25, -0.2) is 4.79 Å². The number of carbonyl (C=O) groups is 1. The molecule has 1 aromatic rings. The van der Waals surface area contributed by atoms with Crippen LogP contribution in [-0.2, 0) is 18.2 Å². The third kappa shape index (κ3) is 6.01. The number of nitrogens with one attached hydrogen (secondary N) is 2. The molecule has 1 atom stereocenters. The maximum absolute atomic E-state index is 12.0. The molecule has 0 unspecified atom stereocenters. The summed E-state index contributed by atoms with van der Waals surface area (Å²) in [6.07, 6.45) is 9.04. The van der Waals surface area contributed by atoms with Gasteiger partial charge in [-0.3, -0.25) is 4.68 Å². The second-order valence-corrected chi connectivity index (χ2v) is 7.33. The number of likely N-dealkylation sites (tertiary alicyclic amines) is 1. The third-order valence-corrected chi connectivity index (χ3v) is 5.15. The number of urea groups is 1. The van der Waals surface area contributed by atoms with Gasteiger partial charge in [0.05, 0.1) is 12.8 Å². The molecule has 0 aromatic carbocycles. The van der Waals surface area contributed by atoms with Crippen LogP contribution in [0.15, 0.2) is 12.4 Å². The fourth-order valence-electron chi connectivity index (χ4n) is 3.68. The number of ether oxygens (including phenoxy) is 1. The van der Waals surface area contributed by atoms with Gasteiger partial charge in [0, 0.05) is 52.1 Å². The van der Waals surface area contributed by atoms with Gasteiger partial charge < -0.3 is 20.3 Å². The first-order valence-electron chi connectivity index (χ1n) is 9.51. The third-order valence-electron chi connectivity index (χ3n) is 5.15. The molecule has 2 saturated heterocycles. The summed E-state index contributed by atoms with van der Waals surface area (Å²) in [5.41, 5.74) is 1.21. The number of nitrogens with zero attached hydrogens (tertiary/aromatic N) is 3. The minimum atomic E-state index is -0.0335. The van der Waals surface area contributed by atoms with Gasteiger partial charge in [-0.15, -0.1) is 0 Å². The molecular formula is C18H31N5O2. The molecule has 0 bridgehead atoms. The number of hydrogen-bond acceptors (Lipinski definition) is 4. The van der Waals surface area contributed by atoms with Crippen molar-refractivity contribution in [1.29, 1.82) is 0 Å². The first kappa shape index (κ1) is 18.2. The lowest BCUT2D eigenvalue weighted by Gasteiger charge is -2.33. The van der Waals surface area contributed by atoms with Crippen LogP contribution in [-0.4, -0.2) is 66.1 Å². The van der Waals surface area contributed by atoms with E-state index < -0.39 is 0 Å². The number of aryl methyl sites for hydroxylation is 2. The molecule has 3 rings (SSSR count). The lowest BCUT2D eigenvalue weighted by atomic mass is 10.0. The Kier molecular flexibility index (Phi) is 6.69. The average Bonchev–Trinajstić information content (AvgIpc) is 3.25. The number of amides is 2. The van der Waals surface area contributed by atoms with Crippen molar-refractivity contribution in [2.45, 2.75) is 38.1 Å². The topological polar surface area (TPSA) is 71.4 Å². The Balaban J connectivity index is 1.24. The van der Waals surface area contributed by atoms with Gasteiger partial charge in [-0.1, -0.05) is 0 Å². The predicted molar refractivity (Wildman–Crippen MR) is 96.5 cm³/mol. The summed E-state index contributed by atoms with van der Waals surface area (Å²) in [7, 11) is 1.92. The molecule has 7 nitrogen and oxygen atoms in total. The number of piperidine rings is 1. The van der Waals surface area contributed by atoms with Crippen LogP contribution in [0.3, 0.4) is 0 Å². The van der Waals surface area contributed by atoms with E-state index in [1.807, 2.05) is 24.1 Å². The van der Waals surface area contributed by atoms with Crippen molar-refractivity contribution in [2.24, 2.45) is 13.0 Å². The SMILES string of the molecule is Cn1cc(CCCNC(=O)NC2CCN(C[C@@H]3CCOC3)CC2)cn1. The molecule has 3 heterocycles. The van der Waals surface area contributed by atoms with E-state index in [1.165, 1.54) is 12.0 Å². The Morgan fingerprint density at radius 1 is 1.36 bits per heavy atom. The molecule has 140 valence electrons. The second-order valence-electron chi connectivity index (χ2n) is 7.33. The molecule has 0 radical (unpaired) electrons. The maximum atomic E-state index is 12.0. The summed E-state index contributed by atoms with van der Waals surface area (Å²) in [5.74, 6) is 0.702. The van der Waals surface area contributed by atoms with Crippen molar-refractivity contribution in [3.8, 4) is 0 Å². The van der Waals surface area contributed by atoms with E-state index in [1.54, 1.807) is 0 Å². The first-order valence-corrected chi connectivity index (χ1v) is 9.51. The fraction of sp³-hybridized carbons (Fsp3) is 0.778. The van der Waals surface area contributed by atoms with Crippen molar-refractivity contribution >= 4 is 6.03 Å². The van der Waals surface area contributed by atoms with E-state index in [0.29, 0.717) is 18.5 Å². The zero-order valence-electron chi connectivity index (χ0n) is 15.2. The predicted octanol–water partition coefficient (Wildman–Crippen LogP) is 1.15. The number of aromatic nitrogens is 2. The minimum Gasteiger partial charge on any atom is -0.381 e. The van der Waals surface area contributed by atoms with E-state index >= 15 is 0 Å². The molecule has 0 saturated carbocycles. The van der Waals surface area contributed by atoms with Crippen LogP contribution in [0.2, 0.25) is 0 Å².